The van der Waals surface area contributed by atoms with Crippen LogP contribution in [0.5, 0.6) is 0 Å². The Balaban J connectivity index is 0.00000192. The Morgan fingerprint density at radius 1 is 1.43 bits per heavy atom. The number of aliphatic hydroxyl groups excluding tert-OH is 1. The molecule has 23 heavy (non-hydrogen) atoms. The number of thiophene rings is 1. The first-order valence-electron chi connectivity index (χ1n) is 6.71. The van der Waals surface area contributed by atoms with E-state index in [4.69, 9.17) is 0 Å². The van der Waals surface area contributed by atoms with Crippen molar-refractivity contribution in [2.45, 2.75) is 36.1 Å². The Bertz CT molecular complexity index is 648. The second kappa shape index (κ2) is 6.87. The predicted octanol–water partition coefficient (Wildman–Crippen LogP) is -3.28. The number of fused-ring (bicyclic) bond motifs is 1. The van der Waals surface area contributed by atoms with Crippen LogP contribution in [0.4, 0.5) is 0 Å². The minimum Gasteiger partial charge on any atom is -0.548 e. The molecule has 0 bridgehead atoms. The number of carboxylic acids is 1. The summed E-state index contributed by atoms with van der Waals surface area (Å²) in [5.41, 5.74) is 0.363. The quantitative estimate of drug-likeness (QED) is 0.335. The van der Waals surface area contributed by atoms with Gasteiger partial charge in [-0.05, 0) is 25.3 Å². The second-order valence-corrected chi connectivity index (χ2v) is 8.48. The van der Waals surface area contributed by atoms with E-state index in [1.807, 2.05) is 0 Å². The first-order valence-corrected chi connectivity index (χ1v) is 8.53. The smallest absolute Gasteiger partial charge is 0.548 e. The number of amides is 1. The molecule has 0 unspecified atom stereocenters. The van der Waals surface area contributed by atoms with Gasteiger partial charge in [-0.2, -0.15) is 11.3 Å². The van der Waals surface area contributed by atoms with Gasteiger partial charge in [0, 0.05) is 15.7 Å². The predicted molar refractivity (Wildman–Crippen MR) is 79.2 cm³/mol. The molecule has 1 N–H and O–H groups in total. The van der Waals surface area contributed by atoms with Crippen LogP contribution in [0.25, 0.3) is 0 Å². The van der Waals surface area contributed by atoms with Gasteiger partial charge in [-0.3, -0.25) is 9.59 Å². The minimum absolute atomic E-state index is 0. The summed E-state index contributed by atoms with van der Waals surface area (Å²) < 4.78 is -0.723. The molecule has 2 aliphatic heterocycles. The number of carboxylic acid groups (broad SMARTS) is 1. The number of rotatable bonds is 4. The van der Waals surface area contributed by atoms with Crippen LogP contribution in [0.15, 0.2) is 16.8 Å². The van der Waals surface area contributed by atoms with Crippen molar-refractivity contribution in [1.82, 2.24) is 4.90 Å². The minimum atomic E-state index is -1.45. The maximum atomic E-state index is 12.3. The van der Waals surface area contributed by atoms with Crippen molar-refractivity contribution in [3.63, 3.8) is 0 Å². The summed E-state index contributed by atoms with van der Waals surface area (Å²) in [6.45, 7) is 3.43. The maximum Gasteiger partial charge on any atom is 1.00 e. The molecule has 2 aliphatic rings. The molecular formula is C14H14KNO5S2. The zero-order valence-corrected chi connectivity index (χ0v) is 17.6. The summed E-state index contributed by atoms with van der Waals surface area (Å²) in [5.74, 6) is -3.23. The second-order valence-electron chi connectivity index (χ2n) is 5.93. The van der Waals surface area contributed by atoms with E-state index in [0.29, 0.717) is 5.56 Å². The van der Waals surface area contributed by atoms with Crippen LogP contribution in [-0.2, 0) is 9.59 Å². The molecule has 0 aromatic carbocycles. The summed E-state index contributed by atoms with van der Waals surface area (Å²) in [6.07, 6.45) is -1.45. The van der Waals surface area contributed by atoms with Gasteiger partial charge in [-0.1, -0.05) is 0 Å². The molecule has 118 valence electrons. The zero-order chi connectivity index (χ0) is 16.2. The van der Waals surface area contributed by atoms with Crippen molar-refractivity contribution in [1.29, 1.82) is 0 Å². The molecule has 0 radical (unpaired) electrons. The largest absolute Gasteiger partial charge is 1.00 e. The topological polar surface area (TPSA) is 97.7 Å². The fourth-order valence-corrected chi connectivity index (χ4v) is 5.41. The number of aliphatic carboxylic acids is 1. The Kier molecular flexibility index (Phi) is 5.85. The number of nitrogens with zero attached hydrogens (tertiary/aromatic N) is 1. The number of hydrogen-bond acceptors (Lipinski definition) is 7. The Hall–Kier alpha value is 0.256. The first-order chi connectivity index (χ1) is 10.3. The molecule has 0 saturated carbocycles. The van der Waals surface area contributed by atoms with Crippen LogP contribution in [0, 0.1) is 5.92 Å². The van der Waals surface area contributed by atoms with Gasteiger partial charge in [-0.15, -0.1) is 11.8 Å². The van der Waals surface area contributed by atoms with E-state index in [1.54, 1.807) is 30.7 Å². The fraction of sp³-hybridized carbons (Fsp3) is 0.500. The zero-order valence-electron chi connectivity index (χ0n) is 12.9. The van der Waals surface area contributed by atoms with Gasteiger partial charge in [0.1, 0.15) is 12.0 Å². The molecule has 2 saturated heterocycles. The molecule has 0 aliphatic carbocycles. The normalized spacial score (nSPS) is 29.3. The summed E-state index contributed by atoms with van der Waals surface area (Å²) in [5, 5.41) is 24.4. The van der Waals surface area contributed by atoms with Crippen LogP contribution in [-0.4, -0.2) is 49.9 Å². The van der Waals surface area contributed by atoms with E-state index in [9.17, 15) is 24.6 Å². The fourth-order valence-electron chi connectivity index (χ4n) is 3.05. The van der Waals surface area contributed by atoms with Crippen molar-refractivity contribution in [2.75, 3.05) is 0 Å². The van der Waals surface area contributed by atoms with Gasteiger partial charge in [0.2, 0.25) is 5.91 Å². The first kappa shape index (κ1) is 19.6. The Morgan fingerprint density at radius 2 is 2.09 bits per heavy atom. The molecule has 1 amide bonds. The van der Waals surface area contributed by atoms with Gasteiger partial charge in [-0.25, -0.2) is 0 Å². The third-order valence-corrected chi connectivity index (χ3v) is 6.40. The van der Waals surface area contributed by atoms with Crippen molar-refractivity contribution in [3.05, 3.63) is 22.4 Å². The third kappa shape index (κ3) is 3.10. The molecule has 2 fully saturated rings. The summed E-state index contributed by atoms with van der Waals surface area (Å²) in [4.78, 5) is 37.0. The maximum absolute atomic E-state index is 12.3. The summed E-state index contributed by atoms with van der Waals surface area (Å²) in [7, 11) is 0. The van der Waals surface area contributed by atoms with Gasteiger partial charge in [0.25, 0.3) is 0 Å². The number of carbonyl (C=O) groups is 3. The van der Waals surface area contributed by atoms with Gasteiger partial charge in [0.15, 0.2) is 5.78 Å². The standard InChI is InChI=1S/C14H15NO5S2.K/c1-14(2)10(13(19)20)15-11(18)7(12(15)22-14)9(17)8(16)6-3-4-21-5-6;/h3-5,7,9-10,12,17H,1-2H3,(H,19,20);/q;+1/p-1/t7-,9+,10+,12-;/m1./s1. The Labute approximate surface area is 184 Å². The van der Waals surface area contributed by atoms with Gasteiger partial charge in [0.05, 0.1) is 17.4 Å². The molecule has 3 heterocycles. The number of thioether (sulfide) groups is 1. The Morgan fingerprint density at radius 3 is 2.61 bits per heavy atom. The number of carbonyl (C=O) groups excluding carboxylic acids is 3. The van der Waals surface area contributed by atoms with Crippen molar-refractivity contribution >= 4 is 40.8 Å². The van der Waals surface area contributed by atoms with Crippen LogP contribution in [0.1, 0.15) is 24.2 Å². The monoisotopic (exact) mass is 379 g/mol. The van der Waals surface area contributed by atoms with E-state index in [-0.39, 0.29) is 51.4 Å². The van der Waals surface area contributed by atoms with E-state index in [2.05, 4.69) is 0 Å². The SMILES string of the molecule is CC1(C)S[C@@H]2[C@H]([C@H](O)C(=O)c3ccsc3)C(=O)N2[C@H]1C(=O)[O-].[K+]. The van der Waals surface area contributed by atoms with Crippen LogP contribution >= 0.6 is 23.1 Å². The average Bonchev–Trinajstić information content (AvgIpc) is 3.02. The number of β-lactam (4-membered cyclic amide) rings is 1. The van der Waals surface area contributed by atoms with E-state index in [1.165, 1.54) is 28.0 Å². The molecule has 3 rings (SSSR count). The molecule has 1 aromatic heterocycles. The average molecular weight is 380 g/mol. The molecule has 4 atom stereocenters. The van der Waals surface area contributed by atoms with Crippen LogP contribution in [0.2, 0.25) is 0 Å². The molecule has 9 heteroatoms. The summed E-state index contributed by atoms with van der Waals surface area (Å²) >= 11 is 2.61. The van der Waals surface area contributed by atoms with Crippen molar-refractivity contribution < 1.29 is 76.0 Å². The van der Waals surface area contributed by atoms with Gasteiger partial charge < -0.3 is 19.9 Å². The summed E-state index contributed by atoms with van der Waals surface area (Å²) in [6, 6.07) is 0.544. The van der Waals surface area contributed by atoms with E-state index < -0.39 is 45.8 Å². The molecule has 1 aromatic rings. The van der Waals surface area contributed by atoms with Crippen molar-refractivity contribution in [2.24, 2.45) is 5.92 Å². The number of hydrogen-bond donors (Lipinski definition) is 1. The van der Waals surface area contributed by atoms with E-state index >= 15 is 0 Å². The number of ketones is 1. The van der Waals surface area contributed by atoms with Crippen molar-refractivity contribution in [3.8, 4) is 0 Å². The third-order valence-electron chi connectivity index (χ3n) is 4.12. The van der Waals surface area contributed by atoms with Crippen LogP contribution < -0.4 is 56.5 Å². The molecule has 6 nitrogen and oxygen atoms in total. The number of aliphatic hydroxyl groups is 1. The molecule has 0 spiro atoms. The number of Topliss-reactive ketones (excluding diaryl/α,β-unsaturated/α-hetero) is 1. The van der Waals surface area contributed by atoms with E-state index in [0.717, 1.165) is 0 Å². The van der Waals surface area contributed by atoms with Gasteiger partial charge >= 0.3 is 51.4 Å². The molecular weight excluding hydrogens is 365 g/mol. The van der Waals surface area contributed by atoms with Crippen LogP contribution in [0.3, 0.4) is 0 Å².